The predicted molar refractivity (Wildman–Crippen MR) is 122 cm³/mol. The van der Waals surface area contributed by atoms with E-state index in [2.05, 4.69) is 9.88 Å². The Balaban J connectivity index is 0.00000259. The van der Waals surface area contributed by atoms with Crippen LogP contribution in [0.3, 0.4) is 0 Å². The molecule has 11 heteroatoms. The molecule has 0 fully saturated rings. The number of benzene rings is 1. The molecule has 0 radical (unpaired) electrons. The predicted octanol–water partition coefficient (Wildman–Crippen LogP) is 3.76. The zero-order chi connectivity index (χ0) is 22.6. The van der Waals surface area contributed by atoms with Crippen molar-refractivity contribution < 1.29 is 18.4 Å². The molecule has 0 amide bonds. The SMILES string of the molecule is Cc1cc(-c2cc(F)cc(F)c2)nc2c1CN(C[C@@]1(C)Cn3cc([N+](=O)[O-])nc3O1)CC2.S. The molecule has 4 heterocycles. The summed E-state index contributed by atoms with van der Waals surface area (Å²) in [6.07, 6.45) is 2.10. The van der Waals surface area contributed by atoms with Crippen LogP contribution < -0.4 is 4.74 Å². The first kappa shape index (κ1) is 23.1. The molecule has 5 rings (SSSR count). The molecule has 8 nitrogen and oxygen atoms in total. The fraction of sp³-hybridized carbons (Fsp3) is 0.364. The van der Waals surface area contributed by atoms with Gasteiger partial charge in [0.05, 0.1) is 12.2 Å². The third-order valence-electron chi connectivity index (χ3n) is 5.95. The van der Waals surface area contributed by atoms with Crippen molar-refractivity contribution >= 4 is 19.3 Å². The van der Waals surface area contributed by atoms with Crippen LogP contribution in [0.2, 0.25) is 0 Å². The summed E-state index contributed by atoms with van der Waals surface area (Å²) in [7, 11) is 0. The van der Waals surface area contributed by atoms with Crippen molar-refractivity contribution in [2.45, 2.75) is 39.0 Å². The largest absolute Gasteiger partial charge is 0.436 e. The van der Waals surface area contributed by atoms with Crippen LogP contribution >= 0.6 is 13.5 Å². The first-order chi connectivity index (χ1) is 15.2. The lowest BCUT2D eigenvalue weighted by Gasteiger charge is -2.34. The summed E-state index contributed by atoms with van der Waals surface area (Å²) in [6, 6.07) is 5.56. The number of fused-ring (bicyclic) bond motifs is 2. The Labute approximate surface area is 195 Å². The highest BCUT2D eigenvalue weighted by Crippen LogP contribution is 2.33. The van der Waals surface area contributed by atoms with Gasteiger partial charge in [-0.05, 0) is 48.1 Å². The van der Waals surface area contributed by atoms with Crippen molar-refractivity contribution in [3.63, 3.8) is 0 Å². The summed E-state index contributed by atoms with van der Waals surface area (Å²) in [6.45, 7) is 6.48. The Kier molecular flexibility index (Phi) is 5.87. The second-order valence-corrected chi connectivity index (χ2v) is 8.69. The number of aromatic nitrogens is 3. The fourth-order valence-corrected chi connectivity index (χ4v) is 4.58. The summed E-state index contributed by atoms with van der Waals surface area (Å²) in [5.41, 5.74) is 3.49. The molecule has 2 aliphatic heterocycles. The van der Waals surface area contributed by atoms with Gasteiger partial charge in [0.1, 0.15) is 23.4 Å². The molecule has 0 unspecified atom stereocenters. The molecule has 2 aliphatic rings. The van der Waals surface area contributed by atoms with Crippen LogP contribution in [0.25, 0.3) is 11.3 Å². The Hall–Kier alpha value is -3.05. The van der Waals surface area contributed by atoms with Crippen LogP contribution in [0.5, 0.6) is 6.01 Å². The fourth-order valence-electron chi connectivity index (χ4n) is 4.58. The average Bonchev–Trinajstić information content (AvgIpc) is 3.22. The molecule has 3 aromatic rings. The van der Waals surface area contributed by atoms with E-state index < -0.39 is 22.2 Å². The quantitative estimate of drug-likeness (QED) is 0.422. The summed E-state index contributed by atoms with van der Waals surface area (Å²) in [5, 5.41) is 10.9. The van der Waals surface area contributed by atoms with Gasteiger partial charge in [0, 0.05) is 48.4 Å². The van der Waals surface area contributed by atoms with E-state index in [9.17, 15) is 18.9 Å². The number of rotatable bonds is 4. The van der Waals surface area contributed by atoms with Crippen molar-refractivity contribution in [3.05, 3.63) is 69.0 Å². The number of aryl methyl sites for hydroxylation is 1. The maximum atomic E-state index is 13.6. The normalized spacial score (nSPS) is 19.4. The van der Waals surface area contributed by atoms with Crippen LogP contribution in [0.4, 0.5) is 14.6 Å². The van der Waals surface area contributed by atoms with E-state index in [1.807, 2.05) is 19.9 Å². The third-order valence-corrected chi connectivity index (χ3v) is 5.95. The van der Waals surface area contributed by atoms with Crippen molar-refractivity contribution in [1.29, 1.82) is 0 Å². The minimum Gasteiger partial charge on any atom is -0.436 e. The third kappa shape index (κ3) is 4.42. The molecular weight excluding hydrogens is 452 g/mol. The number of halogens is 2. The molecule has 33 heavy (non-hydrogen) atoms. The number of nitro groups is 1. The van der Waals surface area contributed by atoms with Gasteiger partial charge >= 0.3 is 11.8 Å². The molecule has 0 spiro atoms. The second-order valence-electron chi connectivity index (χ2n) is 8.69. The van der Waals surface area contributed by atoms with Gasteiger partial charge in [-0.1, -0.05) is 0 Å². The maximum absolute atomic E-state index is 13.6. The lowest BCUT2D eigenvalue weighted by Crippen LogP contribution is -2.46. The molecule has 1 aromatic carbocycles. The average molecular weight is 476 g/mol. The van der Waals surface area contributed by atoms with E-state index in [1.54, 1.807) is 4.57 Å². The van der Waals surface area contributed by atoms with E-state index in [0.29, 0.717) is 37.3 Å². The van der Waals surface area contributed by atoms with Crippen LogP contribution in [-0.4, -0.2) is 43.0 Å². The summed E-state index contributed by atoms with van der Waals surface area (Å²) in [4.78, 5) is 21.3. The van der Waals surface area contributed by atoms with Crippen molar-refractivity contribution in [1.82, 2.24) is 19.4 Å². The van der Waals surface area contributed by atoms with Gasteiger partial charge in [-0.3, -0.25) is 14.5 Å². The summed E-state index contributed by atoms with van der Waals surface area (Å²) < 4.78 is 34.9. The number of imidazole rings is 1. The Morgan fingerprint density at radius 1 is 1.21 bits per heavy atom. The number of pyridine rings is 1. The topological polar surface area (TPSA) is 86.3 Å². The zero-order valence-corrected chi connectivity index (χ0v) is 19.1. The van der Waals surface area contributed by atoms with Gasteiger partial charge in [0.2, 0.25) is 0 Å². The van der Waals surface area contributed by atoms with Crippen LogP contribution in [-0.2, 0) is 19.5 Å². The minimum absolute atomic E-state index is 0. The standard InChI is InChI=1S/C22H21F2N5O3.H2S/c1-13-5-19(14-6-15(23)8-16(24)7-14)25-18-3-4-27(9-17(13)18)11-22(2)12-28-10-20(29(30)31)26-21(28)32-22;/h5-8,10H,3-4,9,11-12H2,1-2H3;1H2/t22-;/m0./s1. The number of hydrogen-bond donors (Lipinski definition) is 0. The van der Waals surface area contributed by atoms with Gasteiger partial charge in [-0.2, -0.15) is 13.5 Å². The van der Waals surface area contributed by atoms with E-state index >= 15 is 0 Å². The number of hydrogen-bond acceptors (Lipinski definition) is 6. The first-order valence-electron chi connectivity index (χ1n) is 10.3. The molecule has 2 aromatic heterocycles. The Bertz CT molecular complexity index is 1210. The van der Waals surface area contributed by atoms with Crippen LogP contribution in [0.15, 0.2) is 30.5 Å². The highest BCUT2D eigenvalue weighted by Gasteiger charge is 2.42. The van der Waals surface area contributed by atoms with Crippen molar-refractivity contribution in [2.75, 3.05) is 13.1 Å². The Morgan fingerprint density at radius 2 is 1.94 bits per heavy atom. The number of ether oxygens (including phenoxy) is 1. The highest BCUT2D eigenvalue weighted by atomic mass is 32.1. The maximum Gasteiger partial charge on any atom is 0.415 e. The van der Waals surface area contributed by atoms with Gasteiger partial charge in [0.15, 0.2) is 0 Å². The molecule has 0 saturated carbocycles. The van der Waals surface area contributed by atoms with Crippen molar-refractivity contribution in [2.24, 2.45) is 0 Å². The van der Waals surface area contributed by atoms with Gasteiger partial charge in [0.25, 0.3) is 0 Å². The lowest BCUT2D eigenvalue weighted by atomic mass is 9.96. The van der Waals surface area contributed by atoms with E-state index in [0.717, 1.165) is 29.4 Å². The molecular formula is C22H23F2N5O3S. The summed E-state index contributed by atoms with van der Waals surface area (Å²) in [5.74, 6) is -1.47. The van der Waals surface area contributed by atoms with E-state index in [-0.39, 0.29) is 25.3 Å². The molecule has 1 atom stereocenters. The molecule has 174 valence electrons. The van der Waals surface area contributed by atoms with Crippen LogP contribution in [0, 0.1) is 28.7 Å². The minimum atomic E-state index is -0.626. The van der Waals surface area contributed by atoms with E-state index in [1.165, 1.54) is 18.3 Å². The van der Waals surface area contributed by atoms with Gasteiger partial charge < -0.3 is 14.9 Å². The van der Waals surface area contributed by atoms with E-state index in [4.69, 9.17) is 9.72 Å². The monoisotopic (exact) mass is 475 g/mol. The molecule has 0 N–H and O–H groups in total. The first-order valence-corrected chi connectivity index (χ1v) is 10.3. The van der Waals surface area contributed by atoms with Crippen LogP contribution in [0.1, 0.15) is 23.7 Å². The highest BCUT2D eigenvalue weighted by molar-refractivity contribution is 7.59. The van der Waals surface area contributed by atoms with Crippen molar-refractivity contribution in [3.8, 4) is 17.3 Å². The number of nitrogens with zero attached hydrogens (tertiary/aromatic N) is 5. The molecule has 0 bridgehead atoms. The zero-order valence-electron chi connectivity index (χ0n) is 18.1. The Morgan fingerprint density at radius 3 is 2.61 bits per heavy atom. The lowest BCUT2D eigenvalue weighted by molar-refractivity contribution is -0.389. The van der Waals surface area contributed by atoms with Gasteiger partial charge in [-0.15, -0.1) is 0 Å². The second kappa shape index (κ2) is 8.38. The molecule has 0 aliphatic carbocycles. The van der Waals surface area contributed by atoms with Gasteiger partial charge in [-0.25, -0.2) is 8.78 Å². The summed E-state index contributed by atoms with van der Waals surface area (Å²) >= 11 is 0. The molecule has 0 saturated heterocycles. The smallest absolute Gasteiger partial charge is 0.415 e.